The fraction of sp³-hybridized carbons (Fsp3) is 0.680. The van der Waals surface area contributed by atoms with Crippen LogP contribution in [0.25, 0.3) is 0 Å². The molecule has 30 heavy (non-hydrogen) atoms. The van der Waals surface area contributed by atoms with Gasteiger partial charge in [0.05, 0.1) is 5.41 Å². The number of amides is 1. The standard InChI is InChI=1S/C16H24N2O.C7H12O2.C2H6/c1-16(2,3)15(19)18-11-9-17(10-12-18)13-14-7-5-4-6-8-14;1-7(6(8)9)4-2-3-5-7;1-2/h4-8H,9-13H2,1-3H3;2-5H2,1H3,(H,8,9);1-2H3. The molecule has 0 atom stereocenters. The van der Waals surface area contributed by atoms with Crippen molar-refractivity contribution in [1.82, 2.24) is 9.80 Å². The van der Waals surface area contributed by atoms with Crippen LogP contribution in [-0.4, -0.2) is 53.0 Å². The molecule has 3 rings (SSSR count). The highest BCUT2D eigenvalue weighted by atomic mass is 16.4. The van der Waals surface area contributed by atoms with Crippen molar-refractivity contribution in [2.24, 2.45) is 10.8 Å². The Bertz CT molecular complexity index is 638. The van der Waals surface area contributed by atoms with Crippen LogP contribution < -0.4 is 0 Å². The maximum atomic E-state index is 12.2. The zero-order valence-electron chi connectivity index (χ0n) is 19.9. The number of hydrogen-bond acceptors (Lipinski definition) is 3. The van der Waals surface area contributed by atoms with E-state index < -0.39 is 5.97 Å². The average molecular weight is 419 g/mol. The highest BCUT2D eigenvalue weighted by Crippen LogP contribution is 2.37. The van der Waals surface area contributed by atoms with Gasteiger partial charge < -0.3 is 10.0 Å². The molecule has 1 aliphatic heterocycles. The predicted octanol–water partition coefficient (Wildman–Crippen LogP) is 5.05. The predicted molar refractivity (Wildman–Crippen MR) is 123 cm³/mol. The number of carboxylic acid groups (broad SMARTS) is 1. The smallest absolute Gasteiger partial charge is 0.309 e. The number of rotatable bonds is 3. The van der Waals surface area contributed by atoms with E-state index in [4.69, 9.17) is 5.11 Å². The Morgan fingerprint density at radius 3 is 1.87 bits per heavy atom. The fourth-order valence-corrected chi connectivity index (χ4v) is 3.79. The molecule has 1 saturated heterocycles. The van der Waals surface area contributed by atoms with Gasteiger partial charge in [0.15, 0.2) is 0 Å². The first-order valence-electron chi connectivity index (χ1n) is 11.4. The molecule has 1 aromatic carbocycles. The fourth-order valence-electron chi connectivity index (χ4n) is 3.79. The number of carbonyl (C=O) groups is 2. The SMILES string of the molecule is CC.CC(C)(C)C(=O)N1CCN(Cc2ccccc2)CC1.CC1(C(=O)O)CCCC1. The zero-order chi connectivity index (χ0) is 22.8. The van der Waals surface area contributed by atoms with E-state index in [1.54, 1.807) is 0 Å². The summed E-state index contributed by atoms with van der Waals surface area (Å²) in [5, 5.41) is 8.67. The number of nitrogens with zero attached hydrogens (tertiary/aromatic N) is 2. The van der Waals surface area contributed by atoms with Gasteiger partial charge in [0.1, 0.15) is 0 Å². The first-order chi connectivity index (χ1) is 14.1. The quantitative estimate of drug-likeness (QED) is 0.746. The summed E-state index contributed by atoms with van der Waals surface area (Å²) in [5.41, 5.74) is 0.694. The maximum absolute atomic E-state index is 12.2. The summed E-state index contributed by atoms with van der Waals surface area (Å²) in [6.07, 6.45) is 3.90. The minimum atomic E-state index is -0.625. The molecule has 1 saturated carbocycles. The van der Waals surface area contributed by atoms with Gasteiger partial charge in [0, 0.05) is 38.1 Å². The molecule has 1 aliphatic carbocycles. The Balaban J connectivity index is 0.000000342. The van der Waals surface area contributed by atoms with Gasteiger partial charge in [0.25, 0.3) is 0 Å². The maximum Gasteiger partial charge on any atom is 0.309 e. The van der Waals surface area contributed by atoms with Gasteiger partial charge >= 0.3 is 5.97 Å². The van der Waals surface area contributed by atoms with Crippen LogP contribution in [0, 0.1) is 10.8 Å². The number of carbonyl (C=O) groups excluding carboxylic acids is 1. The molecule has 2 fully saturated rings. The van der Waals surface area contributed by atoms with Crippen molar-refractivity contribution in [2.45, 2.75) is 73.8 Å². The third-order valence-electron chi connectivity index (χ3n) is 5.77. The molecular formula is C25H42N2O3. The molecule has 2 aliphatic rings. The van der Waals surface area contributed by atoms with E-state index in [2.05, 4.69) is 29.2 Å². The monoisotopic (exact) mass is 418 g/mol. The van der Waals surface area contributed by atoms with E-state index in [-0.39, 0.29) is 16.7 Å². The van der Waals surface area contributed by atoms with Gasteiger partial charge in [-0.1, -0.05) is 77.8 Å². The van der Waals surface area contributed by atoms with Crippen molar-refractivity contribution in [3.8, 4) is 0 Å². The lowest BCUT2D eigenvalue weighted by Gasteiger charge is -2.37. The Morgan fingerprint density at radius 1 is 0.967 bits per heavy atom. The Labute approximate surface area is 183 Å². The van der Waals surface area contributed by atoms with E-state index in [9.17, 15) is 9.59 Å². The van der Waals surface area contributed by atoms with Crippen LogP contribution in [-0.2, 0) is 16.1 Å². The van der Waals surface area contributed by atoms with Crippen molar-refractivity contribution < 1.29 is 14.7 Å². The van der Waals surface area contributed by atoms with Gasteiger partial charge in [-0.3, -0.25) is 14.5 Å². The van der Waals surface area contributed by atoms with Crippen LogP contribution >= 0.6 is 0 Å². The molecule has 0 unspecified atom stereocenters. The van der Waals surface area contributed by atoms with Crippen LogP contribution in [0.3, 0.4) is 0 Å². The Morgan fingerprint density at radius 2 is 1.47 bits per heavy atom. The van der Waals surface area contributed by atoms with Crippen LogP contribution in [0.15, 0.2) is 30.3 Å². The molecule has 5 heteroatoms. The summed E-state index contributed by atoms with van der Waals surface area (Å²) in [5.74, 6) is -0.355. The van der Waals surface area contributed by atoms with E-state index in [0.717, 1.165) is 58.4 Å². The molecule has 1 aromatic rings. The number of hydrogen-bond donors (Lipinski definition) is 1. The van der Waals surface area contributed by atoms with Gasteiger partial charge in [0.2, 0.25) is 5.91 Å². The lowest BCUT2D eigenvalue weighted by atomic mass is 9.89. The summed E-state index contributed by atoms with van der Waals surface area (Å²) >= 11 is 0. The van der Waals surface area contributed by atoms with Gasteiger partial charge in [-0.2, -0.15) is 0 Å². The largest absolute Gasteiger partial charge is 0.481 e. The number of benzene rings is 1. The molecule has 1 N–H and O–H groups in total. The zero-order valence-corrected chi connectivity index (χ0v) is 19.9. The minimum absolute atomic E-state index is 0.262. The van der Waals surface area contributed by atoms with Crippen LogP contribution in [0.4, 0.5) is 0 Å². The first-order valence-corrected chi connectivity index (χ1v) is 11.4. The van der Waals surface area contributed by atoms with Crippen LogP contribution in [0.5, 0.6) is 0 Å². The number of aliphatic carboxylic acids is 1. The van der Waals surface area contributed by atoms with Crippen LogP contribution in [0.2, 0.25) is 0 Å². The second-order valence-corrected chi connectivity index (χ2v) is 9.38. The molecule has 0 aromatic heterocycles. The Hall–Kier alpha value is -1.88. The average Bonchev–Trinajstić information content (AvgIpc) is 3.18. The Kier molecular flexibility index (Phi) is 10.5. The summed E-state index contributed by atoms with van der Waals surface area (Å²) in [6.45, 7) is 16.4. The molecular weight excluding hydrogens is 376 g/mol. The molecule has 170 valence electrons. The number of piperazine rings is 1. The lowest BCUT2D eigenvalue weighted by molar-refractivity contribution is -0.147. The molecule has 5 nitrogen and oxygen atoms in total. The van der Waals surface area contributed by atoms with Crippen molar-refractivity contribution in [3.05, 3.63) is 35.9 Å². The van der Waals surface area contributed by atoms with Crippen LogP contribution in [0.1, 0.15) is 72.8 Å². The molecule has 1 amide bonds. The van der Waals surface area contributed by atoms with E-state index in [0.29, 0.717) is 0 Å². The summed E-state index contributed by atoms with van der Waals surface area (Å²) in [6, 6.07) is 10.5. The van der Waals surface area contributed by atoms with E-state index in [1.165, 1.54) is 5.56 Å². The summed E-state index contributed by atoms with van der Waals surface area (Å²) < 4.78 is 0. The van der Waals surface area contributed by atoms with Crippen molar-refractivity contribution >= 4 is 11.9 Å². The minimum Gasteiger partial charge on any atom is -0.481 e. The third-order valence-corrected chi connectivity index (χ3v) is 5.77. The lowest BCUT2D eigenvalue weighted by Crippen LogP contribution is -2.51. The summed E-state index contributed by atoms with van der Waals surface area (Å²) in [4.78, 5) is 27.1. The van der Waals surface area contributed by atoms with Gasteiger partial charge in [-0.15, -0.1) is 0 Å². The third kappa shape index (κ3) is 8.10. The van der Waals surface area contributed by atoms with Crippen molar-refractivity contribution in [1.29, 1.82) is 0 Å². The second-order valence-electron chi connectivity index (χ2n) is 9.38. The molecule has 0 bridgehead atoms. The molecule has 0 radical (unpaired) electrons. The topological polar surface area (TPSA) is 60.9 Å². The normalized spacial score (nSPS) is 18.5. The first kappa shape index (κ1) is 26.2. The van der Waals surface area contributed by atoms with E-state index >= 15 is 0 Å². The van der Waals surface area contributed by atoms with E-state index in [1.807, 2.05) is 52.5 Å². The number of carboxylic acids is 1. The highest BCUT2D eigenvalue weighted by Gasteiger charge is 2.35. The molecule has 0 spiro atoms. The highest BCUT2D eigenvalue weighted by molar-refractivity contribution is 5.81. The van der Waals surface area contributed by atoms with Crippen molar-refractivity contribution in [3.63, 3.8) is 0 Å². The summed E-state index contributed by atoms with van der Waals surface area (Å²) in [7, 11) is 0. The van der Waals surface area contributed by atoms with Gasteiger partial charge in [-0.25, -0.2) is 0 Å². The second kappa shape index (κ2) is 12.1. The van der Waals surface area contributed by atoms with Crippen molar-refractivity contribution in [2.75, 3.05) is 26.2 Å². The van der Waals surface area contributed by atoms with Gasteiger partial charge in [-0.05, 0) is 25.3 Å². The molecule has 1 heterocycles.